The summed E-state index contributed by atoms with van der Waals surface area (Å²) in [7, 11) is 2.36. The summed E-state index contributed by atoms with van der Waals surface area (Å²) in [6.07, 6.45) is 28.8. The molecule has 0 radical (unpaired) electrons. The molecule has 0 aromatic heterocycles. The summed E-state index contributed by atoms with van der Waals surface area (Å²) < 4.78 is 18.6. The number of hydrogen-bond acceptors (Lipinski definition) is 2. The molecule has 4 nitrogen and oxygen atoms in total. The third kappa shape index (κ3) is 20.1. The van der Waals surface area contributed by atoms with E-state index in [1.165, 1.54) is 109 Å². The van der Waals surface area contributed by atoms with Crippen LogP contribution in [-0.2, 0) is 9.09 Å². The van der Waals surface area contributed by atoms with Gasteiger partial charge in [0.05, 0.1) is 27.7 Å². The van der Waals surface area contributed by atoms with Gasteiger partial charge in [-0.25, -0.2) is 0 Å². The SMILES string of the molecule is C=CCCCCCCCCCCCCCCCCCCCCOP(=O)(O)C(CCC)[N+](C)(C)C. The Morgan fingerprint density at radius 3 is 1.41 bits per heavy atom. The van der Waals surface area contributed by atoms with E-state index in [0.29, 0.717) is 17.5 Å². The first-order chi connectivity index (χ1) is 16.3. The second kappa shape index (κ2) is 22.1. The van der Waals surface area contributed by atoms with E-state index in [0.717, 1.165) is 19.3 Å². The minimum absolute atomic E-state index is 0.333. The number of rotatable bonds is 26. The van der Waals surface area contributed by atoms with Crippen molar-refractivity contribution in [1.82, 2.24) is 0 Å². The van der Waals surface area contributed by atoms with Crippen LogP contribution in [0.15, 0.2) is 12.7 Å². The molecule has 0 aliphatic carbocycles. The Morgan fingerprint density at radius 1 is 0.735 bits per heavy atom. The Kier molecular flexibility index (Phi) is 22.0. The van der Waals surface area contributed by atoms with Gasteiger partial charge < -0.3 is 13.9 Å². The quantitative estimate of drug-likeness (QED) is 0.0554. The summed E-state index contributed by atoms with van der Waals surface area (Å²) >= 11 is 0. The van der Waals surface area contributed by atoms with Crippen LogP contribution in [0.25, 0.3) is 0 Å². The van der Waals surface area contributed by atoms with E-state index in [9.17, 15) is 9.46 Å². The molecule has 34 heavy (non-hydrogen) atoms. The van der Waals surface area contributed by atoms with Crippen molar-refractivity contribution in [3.63, 3.8) is 0 Å². The van der Waals surface area contributed by atoms with Crippen LogP contribution in [0.2, 0.25) is 0 Å². The van der Waals surface area contributed by atoms with Gasteiger partial charge in [-0.3, -0.25) is 4.57 Å². The van der Waals surface area contributed by atoms with Crippen LogP contribution in [0.5, 0.6) is 0 Å². The van der Waals surface area contributed by atoms with Crippen LogP contribution in [-0.4, -0.2) is 42.9 Å². The molecular weight excluding hydrogens is 441 g/mol. The molecule has 0 spiro atoms. The molecule has 2 atom stereocenters. The van der Waals surface area contributed by atoms with Gasteiger partial charge in [0.15, 0.2) is 5.78 Å². The van der Waals surface area contributed by atoms with Gasteiger partial charge in [0.1, 0.15) is 0 Å². The van der Waals surface area contributed by atoms with E-state index in [4.69, 9.17) is 4.52 Å². The number of hydrogen-bond donors (Lipinski definition) is 1. The third-order valence-electron chi connectivity index (χ3n) is 6.90. The fourth-order valence-electron chi connectivity index (χ4n) is 4.75. The van der Waals surface area contributed by atoms with E-state index in [1.807, 2.05) is 27.2 Å². The Bertz CT molecular complexity index is 504. The molecule has 0 bridgehead atoms. The highest BCUT2D eigenvalue weighted by Gasteiger charge is 2.41. The predicted molar refractivity (Wildman–Crippen MR) is 150 cm³/mol. The predicted octanol–water partition coefficient (Wildman–Crippen LogP) is 9.62. The fraction of sp³-hybridized carbons (Fsp3) is 0.931. The average molecular weight is 503 g/mol. The number of nitrogens with zero attached hydrogens (tertiary/aromatic N) is 1. The molecule has 0 fully saturated rings. The molecular formula is C29H61NO3P+. The van der Waals surface area contributed by atoms with Gasteiger partial charge >= 0.3 is 7.60 Å². The van der Waals surface area contributed by atoms with Crippen LogP contribution in [0.4, 0.5) is 0 Å². The molecule has 0 aliphatic rings. The maximum Gasteiger partial charge on any atom is 0.385 e. The van der Waals surface area contributed by atoms with Gasteiger partial charge in [0, 0.05) is 6.42 Å². The van der Waals surface area contributed by atoms with Crippen LogP contribution < -0.4 is 0 Å². The van der Waals surface area contributed by atoms with Crippen LogP contribution in [0.3, 0.4) is 0 Å². The molecule has 0 amide bonds. The van der Waals surface area contributed by atoms with Crippen molar-refractivity contribution >= 4 is 7.60 Å². The van der Waals surface area contributed by atoms with Gasteiger partial charge in [-0.15, -0.1) is 6.58 Å². The number of unbranched alkanes of at least 4 members (excludes halogenated alkanes) is 18. The molecule has 204 valence electrons. The molecule has 0 heterocycles. The van der Waals surface area contributed by atoms with Crippen molar-refractivity contribution in [2.75, 3.05) is 27.7 Å². The molecule has 0 rings (SSSR count). The lowest BCUT2D eigenvalue weighted by Crippen LogP contribution is -2.45. The molecule has 2 unspecified atom stereocenters. The topological polar surface area (TPSA) is 46.5 Å². The zero-order valence-electron chi connectivity index (χ0n) is 23.6. The molecule has 0 aromatic rings. The third-order valence-corrected chi connectivity index (χ3v) is 9.15. The molecule has 0 saturated heterocycles. The monoisotopic (exact) mass is 502 g/mol. The van der Waals surface area contributed by atoms with Gasteiger partial charge in [-0.2, -0.15) is 0 Å². The normalized spacial score (nSPS) is 14.7. The van der Waals surface area contributed by atoms with Crippen molar-refractivity contribution in [3.05, 3.63) is 12.7 Å². The zero-order valence-corrected chi connectivity index (χ0v) is 24.5. The minimum atomic E-state index is -3.57. The van der Waals surface area contributed by atoms with Crippen LogP contribution >= 0.6 is 7.60 Å². The lowest BCUT2D eigenvalue weighted by atomic mass is 10.0. The Morgan fingerprint density at radius 2 is 1.09 bits per heavy atom. The van der Waals surface area contributed by atoms with Gasteiger partial charge in [-0.1, -0.05) is 116 Å². The van der Waals surface area contributed by atoms with E-state index < -0.39 is 7.60 Å². The first-order valence-electron chi connectivity index (χ1n) is 14.6. The summed E-state index contributed by atoms with van der Waals surface area (Å²) in [5, 5.41) is 0. The van der Waals surface area contributed by atoms with Crippen molar-refractivity contribution in [3.8, 4) is 0 Å². The Labute approximate surface area is 214 Å². The smallest absolute Gasteiger partial charge is 0.320 e. The maximum absolute atomic E-state index is 12.7. The highest BCUT2D eigenvalue weighted by atomic mass is 31.2. The van der Waals surface area contributed by atoms with Crippen LogP contribution in [0.1, 0.15) is 142 Å². The first kappa shape index (κ1) is 33.8. The van der Waals surface area contributed by atoms with Crippen molar-refractivity contribution in [1.29, 1.82) is 0 Å². The number of allylic oxidation sites excluding steroid dienone is 1. The van der Waals surface area contributed by atoms with E-state index >= 15 is 0 Å². The second-order valence-electron chi connectivity index (χ2n) is 11.2. The Balaban J connectivity index is 3.42. The standard InChI is InChI=1S/C29H60NO3P/c1-6-8-9-10-11-12-13-14-15-16-17-18-19-20-21-22-23-24-25-26-28-33-34(31,32)29(27-7-2)30(3,4)5/h6,29H,1,7-28H2,2-5H3/p+1. The zero-order chi connectivity index (χ0) is 25.5. The van der Waals surface area contributed by atoms with E-state index in [2.05, 4.69) is 13.5 Å². The maximum atomic E-state index is 12.7. The highest BCUT2D eigenvalue weighted by molar-refractivity contribution is 7.53. The number of quaternary nitrogens is 1. The Hall–Kier alpha value is -0.150. The molecule has 5 heteroatoms. The van der Waals surface area contributed by atoms with Crippen molar-refractivity contribution < 1.29 is 18.5 Å². The highest BCUT2D eigenvalue weighted by Crippen LogP contribution is 2.51. The summed E-state index contributed by atoms with van der Waals surface area (Å²) in [5.74, 6) is -0.333. The summed E-state index contributed by atoms with van der Waals surface area (Å²) in [6.45, 7) is 6.24. The van der Waals surface area contributed by atoms with Crippen molar-refractivity contribution in [2.45, 2.75) is 148 Å². The van der Waals surface area contributed by atoms with Crippen molar-refractivity contribution in [2.24, 2.45) is 0 Å². The van der Waals surface area contributed by atoms with E-state index in [1.54, 1.807) is 0 Å². The summed E-state index contributed by atoms with van der Waals surface area (Å²) in [6, 6.07) is 0. The molecule has 0 aromatic carbocycles. The molecule has 1 N–H and O–H groups in total. The van der Waals surface area contributed by atoms with Gasteiger partial charge in [0.2, 0.25) is 0 Å². The fourth-order valence-corrected chi connectivity index (χ4v) is 6.77. The largest absolute Gasteiger partial charge is 0.385 e. The molecule has 0 saturated carbocycles. The first-order valence-corrected chi connectivity index (χ1v) is 16.3. The molecule has 0 aliphatic heterocycles. The van der Waals surface area contributed by atoms with E-state index in [-0.39, 0.29) is 5.78 Å². The lowest BCUT2D eigenvalue weighted by Gasteiger charge is -2.35. The minimum Gasteiger partial charge on any atom is -0.320 e. The summed E-state index contributed by atoms with van der Waals surface area (Å²) in [5.41, 5.74) is 0. The second-order valence-corrected chi connectivity index (χ2v) is 13.2. The summed E-state index contributed by atoms with van der Waals surface area (Å²) in [4.78, 5) is 10.4. The lowest BCUT2D eigenvalue weighted by molar-refractivity contribution is -0.883. The van der Waals surface area contributed by atoms with Gasteiger partial charge in [0.25, 0.3) is 0 Å². The average Bonchev–Trinajstić information content (AvgIpc) is 2.77. The van der Waals surface area contributed by atoms with Gasteiger partial charge in [-0.05, 0) is 25.7 Å². The van der Waals surface area contributed by atoms with Crippen LogP contribution in [0, 0.1) is 0 Å².